The van der Waals surface area contributed by atoms with E-state index in [0.717, 1.165) is 5.56 Å². The molecule has 0 spiro atoms. The zero-order valence-corrected chi connectivity index (χ0v) is 16.8. The van der Waals surface area contributed by atoms with E-state index < -0.39 is 0 Å². The van der Waals surface area contributed by atoms with E-state index in [-0.39, 0.29) is 12.5 Å². The third-order valence-electron chi connectivity index (χ3n) is 4.16. The van der Waals surface area contributed by atoms with Gasteiger partial charge in [0, 0.05) is 10.6 Å². The molecule has 0 aliphatic heterocycles. The van der Waals surface area contributed by atoms with Crippen molar-refractivity contribution in [1.82, 2.24) is 40.4 Å². The average Bonchev–Trinajstić information content (AvgIpc) is 3.40. The van der Waals surface area contributed by atoms with E-state index in [1.165, 1.54) is 22.9 Å². The first-order chi connectivity index (χ1) is 14.5. The number of amides is 1. The zero-order chi connectivity index (χ0) is 21.1. The number of tetrazole rings is 2. The quantitative estimate of drug-likeness (QED) is 0.496. The molecule has 30 heavy (non-hydrogen) atoms. The van der Waals surface area contributed by atoms with Gasteiger partial charge in [-0.1, -0.05) is 17.7 Å². The van der Waals surface area contributed by atoms with Gasteiger partial charge in [0.05, 0.1) is 18.5 Å². The topological polar surface area (TPSA) is 126 Å². The molecule has 0 fully saturated rings. The summed E-state index contributed by atoms with van der Waals surface area (Å²) in [6, 6.07) is 10.6. The van der Waals surface area contributed by atoms with Crippen molar-refractivity contribution >= 4 is 23.2 Å². The Morgan fingerprint density at radius 2 is 2.07 bits per heavy atom. The van der Waals surface area contributed by atoms with Gasteiger partial charge in [0.1, 0.15) is 18.6 Å². The Morgan fingerprint density at radius 1 is 1.20 bits per heavy atom. The number of aryl methyl sites for hydroxylation is 1. The Morgan fingerprint density at radius 3 is 2.83 bits per heavy atom. The van der Waals surface area contributed by atoms with Gasteiger partial charge in [-0.15, -0.1) is 15.3 Å². The van der Waals surface area contributed by atoms with Crippen LogP contribution >= 0.6 is 11.6 Å². The Bertz CT molecular complexity index is 1190. The van der Waals surface area contributed by atoms with Crippen LogP contribution in [0.5, 0.6) is 5.75 Å². The molecule has 0 aliphatic carbocycles. The fourth-order valence-corrected chi connectivity index (χ4v) is 2.98. The molecule has 152 valence electrons. The maximum atomic E-state index is 12.4. The van der Waals surface area contributed by atoms with Crippen molar-refractivity contribution in [2.75, 3.05) is 12.4 Å². The number of halogens is 1. The van der Waals surface area contributed by atoms with Crippen LogP contribution in [0.2, 0.25) is 5.02 Å². The van der Waals surface area contributed by atoms with Crippen molar-refractivity contribution < 1.29 is 9.53 Å². The molecular weight excluding hydrogens is 410 g/mol. The fraction of sp³-hybridized carbons (Fsp3) is 0.167. The number of hydrogen-bond donors (Lipinski definition) is 1. The summed E-state index contributed by atoms with van der Waals surface area (Å²) in [4.78, 5) is 13.6. The highest BCUT2D eigenvalue weighted by Crippen LogP contribution is 2.28. The van der Waals surface area contributed by atoms with Crippen molar-refractivity contribution in [2.24, 2.45) is 0 Å². The first-order valence-corrected chi connectivity index (χ1v) is 9.17. The van der Waals surface area contributed by atoms with Gasteiger partial charge in [-0.3, -0.25) is 4.79 Å². The lowest BCUT2D eigenvalue weighted by atomic mass is 10.1. The second kappa shape index (κ2) is 8.25. The number of methoxy groups -OCH3 is 1. The van der Waals surface area contributed by atoms with Gasteiger partial charge >= 0.3 is 0 Å². The van der Waals surface area contributed by atoms with Gasteiger partial charge in [0.2, 0.25) is 11.7 Å². The Hall–Kier alpha value is -3.86. The normalized spacial score (nSPS) is 10.8. The minimum absolute atomic E-state index is 0.144. The molecule has 0 saturated carbocycles. The molecule has 0 saturated heterocycles. The second-order valence-corrected chi connectivity index (χ2v) is 6.75. The molecule has 12 heteroatoms. The van der Waals surface area contributed by atoms with Crippen molar-refractivity contribution in [3.8, 4) is 22.8 Å². The van der Waals surface area contributed by atoms with E-state index in [2.05, 4.69) is 36.3 Å². The van der Waals surface area contributed by atoms with E-state index >= 15 is 0 Å². The van der Waals surface area contributed by atoms with Gasteiger partial charge in [0.25, 0.3) is 0 Å². The van der Waals surface area contributed by atoms with Crippen LogP contribution in [0.1, 0.15) is 5.56 Å². The van der Waals surface area contributed by atoms with Gasteiger partial charge in [0.15, 0.2) is 0 Å². The smallest absolute Gasteiger partial charge is 0.248 e. The highest BCUT2D eigenvalue weighted by atomic mass is 35.5. The molecule has 2 aromatic carbocycles. The summed E-state index contributed by atoms with van der Waals surface area (Å²) < 4.78 is 6.74. The maximum absolute atomic E-state index is 12.4. The Kier molecular flexibility index (Phi) is 5.35. The molecule has 0 bridgehead atoms. The monoisotopic (exact) mass is 425 g/mol. The molecule has 4 rings (SSSR count). The van der Waals surface area contributed by atoms with Crippen LogP contribution in [0.15, 0.2) is 42.7 Å². The SMILES string of the molecule is COc1ccc(Cl)cc1NC(=O)Cn1nnc(-c2ccc(C)cc2-n2cnnn2)n1. The zero-order valence-electron chi connectivity index (χ0n) is 16.0. The first kappa shape index (κ1) is 19.5. The number of aromatic nitrogens is 8. The number of rotatable bonds is 6. The summed E-state index contributed by atoms with van der Waals surface area (Å²) in [6.07, 6.45) is 1.48. The predicted molar refractivity (Wildman–Crippen MR) is 107 cm³/mol. The molecular formula is C18H16ClN9O2. The lowest BCUT2D eigenvalue weighted by Gasteiger charge is -2.10. The van der Waals surface area contributed by atoms with Crippen molar-refractivity contribution in [3.63, 3.8) is 0 Å². The van der Waals surface area contributed by atoms with Crippen molar-refractivity contribution in [2.45, 2.75) is 13.5 Å². The number of carbonyl (C=O) groups is 1. The van der Waals surface area contributed by atoms with Crippen molar-refractivity contribution in [1.29, 1.82) is 0 Å². The lowest BCUT2D eigenvalue weighted by Crippen LogP contribution is -2.20. The predicted octanol–water partition coefficient (Wildman–Crippen LogP) is 1.92. The molecule has 0 unspecified atom stereocenters. The summed E-state index contributed by atoms with van der Waals surface area (Å²) in [6.45, 7) is 1.81. The van der Waals surface area contributed by atoms with Crippen LogP contribution in [0.3, 0.4) is 0 Å². The van der Waals surface area contributed by atoms with E-state index in [1.807, 2.05) is 25.1 Å². The van der Waals surface area contributed by atoms with Crippen molar-refractivity contribution in [3.05, 3.63) is 53.3 Å². The highest BCUT2D eigenvalue weighted by Gasteiger charge is 2.16. The number of ether oxygens (including phenoxy) is 1. The number of anilines is 1. The van der Waals surface area contributed by atoms with Crippen LogP contribution in [0.25, 0.3) is 17.1 Å². The Balaban J connectivity index is 1.55. The van der Waals surface area contributed by atoms with E-state index in [4.69, 9.17) is 16.3 Å². The van der Waals surface area contributed by atoms with Crippen LogP contribution in [-0.2, 0) is 11.3 Å². The molecule has 1 amide bonds. The second-order valence-electron chi connectivity index (χ2n) is 6.31. The summed E-state index contributed by atoms with van der Waals surface area (Å²) in [5, 5.41) is 26.8. The van der Waals surface area contributed by atoms with Crippen LogP contribution in [0, 0.1) is 6.92 Å². The van der Waals surface area contributed by atoms with E-state index in [9.17, 15) is 4.79 Å². The molecule has 0 aliphatic rings. The number of benzene rings is 2. The molecule has 0 atom stereocenters. The minimum Gasteiger partial charge on any atom is -0.495 e. The molecule has 0 radical (unpaired) electrons. The van der Waals surface area contributed by atoms with Gasteiger partial charge < -0.3 is 10.1 Å². The van der Waals surface area contributed by atoms with Crippen LogP contribution in [-0.4, -0.2) is 53.4 Å². The average molecular weight is 426 g/mol. The standard InChI is InChI=1S/C18H16ClN9O2/c1-11-3-5-13(15(7-11)27-10-20-24-26-27)18-22-25-28(23-18)9-17(29)21-14-8-12(19)4-6-16(14)30-2/h3-8,10H,9H2,1-2H3,(H,21,29). The summed E-state index contributed by atoms with van der Waals surface area (Å²) in [5.74, 6) is 0.475. The van der Waals surface area contributed by atoms with Crippen LogP contribution in [0.4, 0.5) is 5.69 Å². The molecule has 2 aromatic heterocycles. The Labute approximate surface area is 175 Å². The number of carbonyl (C=O) groups excluding carboxylic acids is 1. The molecule has 4 aromatic rings. The van der Waals surface area contributed by atoms with E-state index in [0.29, 0.717) is 33.5 Å². The van der Waals surface area contributed by atoms with Gasteiger partial charge in [-0.2, -0.15) is 9.48 Å². The highest BCUT2D eigenvalue weighted by molar-refractivity contribution is 6.31. The summed E-state index contributed by atoms with van der Waals surface area (Å²) in [7, 11) is 1.51. The summed E-state index contributed by atoms with van der Waals surface area (Å²) >= 11 is 5.99. The fourth-order valence-electron chi connectivity index (χ4n) is 2.81. The number of nitrogens with zero attached hydrogens (tertiary/aromatic N) is 8. The largest absolute Gasteiger partial charge is 0.495 e. The molecule has 11 nitrogen and oxygen atoms in total. The third-order valence-corrected chi connectivity index (χ3v) is 4.40. The van der Waals surface area contributed by atoms with Crippen LogP contribution < -0.4 is 10.1 Å². The number of hydrogen-bond acceptors (Lipinski definition) is 8. The third kappa shape index (κ3) is 4.10. The first-order valence-electron chi connectivity index (χ1n) is 8.79. The molecule has 1 N–H and O–H groups in total. The van der Waals surface area contributed by atoms with Gasteiger partial charge in [-0.25, -0.2) is 0 Å². The number of nitrogens with one attached hydrogen (secondary N) is 1. The lowest BCUT2D eigenvalue weighted by molar-refractivity contribution is -0.117. The summed E-state index contributed by atoms with van der Waals surface area (Å²) in [5.41, 5.74) is 2.85. The van der Waals surface area contributed by atoms with E-state index in [1.54, 1.807) is 18.2 Å². The minimum atomic E-state index is -0.357. The molecule has 2 heterocycles. The van der Waals surface area contributed by atoms with Gasteiger partial charge in [-0.05, 0) is 58.5 Å². The maximum Gasteiger partial charge on any atom is 0.248 e.